The molecule has 2 aliphatic rings. The van der Waals surface area contributed by atoms with E-state index in [0.29, 0.717) is 0 Å². The minimum atomic E-state index is 0.199. The molecule has 1 atom stereocenters. The van der Waals surface area contributed by atoms with Gasteiger partial charge in [-0.15, -0.1) is 0 Å². The second kappa shape index (κ2) is 7.88. The normalized spacial score (nSPS) is 24.7. The van der Waals surface area contributed by atoms with E-state index in [2.05, 4.69) is 29.7 Å². The molecule has 2 aliphatic heterocycles. The molecule has 1 spiro atoms. The van der Waals surface area contributed by atoms with Crippen LogP contribution in [0.3, 0.4) is 0 Å². The van der Waals surface area contributed by atoms with Gasteiger partial charge in [0, 0.05) is 37.8 Å². The number of ether oxygens (including phenoxy) is 1. The number of hydrogen-bond acceptors (Lipinski definition) is 3. The number of rotatable bonds is 4. The summed E-state index contributed by atoms with van der Waals surface area (Å²) in [7, 11) is 1.78. The third kappa shape index (κ3) is 4.06. The average Bonchev–Trinajstić information content (AvgIpc) is 2.83. The van der Waals surface area contributed by atoms with Gasteiger partial charge in [-0.05, 0) is 64.6 Å². The first-order chi connectivity index (χ1) is 12.0. The van der Waals surface area contributed by atoms with Crippen molar-refractivity contribution in [1.29, 1.82) is 0 Å². The maximum absolute atomic E-state index is 13.0. The van der Waals surface area contributed by atoms with Gasteiger partial charge < -0.3 is 9.64 Å². The van der Waals surface area contributed by atoms with Crippen LogP contribution in [0.2, 0.25) is 0 Å². The van der Waals surface area contributed by atoms with E-state index in [0.717, 1.165) is 55.8 Å². The second-order valence-electron chi connectivity index (χ2n) is 7.83. The molecule has 1 aromatic rings. The Balaban J connectivity index is 1.69. The van der Waals surface area contributed by atoms with E-state index in [1.54, 1.807) is 7.11 Å². The molecule has 0 bridgehead atoms. The van der Waals surface area contributed by atoms with Crippen molar-refractivity contribution in [2.45, 2.75) is 51.5 Å². The van der Waals surface area contributed by atoms with Crippen molar-refractivity contribution in [3.8, 4) is 0 Å². The van der Waals surface area contributed by atoms with Crippen LogP contribution in [-0.2, 0) is 4.74 Å². The van der Waals surface area contributed by atoms with E-state index < -0.39 is 0 Å². The zero-order valence-electron chi connectivity index (χ0n) is 16.0. The summed E-state index contributed by atoms with van der Waals surface area (Å²) >= 11 is 0. The first-order valence-electron chi connectivity index (χ1n) is 9.66. The van der Waals surface area contributed by atoms with Crippen molar-refractivity contribution in [3.63, 3.8) is 0 Å². The van der Waals surface area contributed by atoms with Crippen LogP contribution in [0.25, 0.3) is 0 Å². The van der Waals surface area contributed by atoms with Gasteiger partial charge in [0.25, 0.3) is 5.91 Å². The van der Waals surface area contributed by atoms with Gasteiger partial charge in [-0.1, -0.05) is 17.2 Å². The summed E-state index contributed by atoms with van der Waals surface area (Å²) in [4.78, 5) is 17.7. The molecule has 2 fully saturated rings. The highest BCUT2D eigenvalue weighted by atomic mass is 16.5. The Morgan fingerprint density at radius 1 is 1.04 bits per heavy atom. The lowest BCUT2D eigenvalue weighted by molar-refractivity contribution is 0.0697. The lowest BCUT2D eigenvalue weighted by Gasteiger charge is -2.38. The van der Waals surface area contributed by atoms with Gasteiger partial charge in [0.05, 0.1) is 6.61 Å². The van der Waals surface area contributed by atoms with E-state index in [-0.39, 0.29) is 11.4 Å². The number of aryl methyl sites for hydroxylation is 2. The predicted octanol–water partition coefficient (Wildman–Crippen LogP) is 3.41. The number of likely N-dealkylation sites (tertiary alicyclic amines) is 2. The second-order valence-corrected chi connectivity index (χ2v) is 7.83. The number of carbonyl (C=O) groups is 1. The van der Waals surface area contributed by atoms with Gasteiger partial charge in [0.1, 0.15) is 0 Å². The van der Waals surface area contributed by atoms with Crippen LogP contribution in [0.5, 0.6) is 0 Å². The number of nitrogens with zero attached hydrogens (tertiary/aromatic N) is 2. The van der Waals surface area contributed by atoms with Crippen LogP contribution in [0.15, 0.2) is 18.2 Å². The van der Waals surface area contributed by atoms with Crippen LogP contribution in [0.4, 0.5) is 0 Å². The van der Waals surface area contributed by atoms with Gasteiger partial charge in [-0.3, -0.25) is 9.69 Å². The zero-order chi connectivity index (χ0) is 17.9. The quantitative estimate of drug-likeness (QED) is 0.839. The van der Waals surface area contributed by atoms with Crippen LogP contribution >= 0.6 is 0 Å². The van der Waals surface area contributed by atoms with E-state index in [9.17, 15) is 4.79 Å². The van der Waals surface area contributed by atoms with Gasteiger partial charge in [0.15, 0.2) is 0 Å². The van der Waals surface area contributed by atoms with Gasteiger partial charge in [-0.25, -0.2) is 0 Å². The Morgan fingerprint density at radius 3 is 2.40 bits per heavy atom. The molecular formula is C21H32N2O2. The fourth-order valence-electron chi connectivity index (χ4n) is 4.77. The lowest BCUT2D eigenvalue weighted by atomic mass is 9.88. The number of amides is 1. The monoisotopic (exact) mass is 344 g/mol. The van der Waals surface area contributed by atoms with Crippen LogP contribution < -0.4 is 0 Å². The zero-order valence-corrected chi connectivity index (χ0v) is 16.0. The number of benzene rings is 1. The fourth-order valence-corrected chi connectivity index (χ4v) is 4.77. The summed E-state index contributed by atoms with van der Waals surface area (Å²) in [6, 6.07) is 6.17. The van der Waals surface area contributed by atoms with Gasteiger partial charge >= 0.3 is 0 Å². The topological polar surface area (TPSA) is 32.8 Å². The summed E-state index contributed by atoms with van der Waals surface area (Å²) in [5.41, 5.74) is 3.46. The molecule has 2 saturated heterocycles. The highest BCUT2D eigenvalue weighted by molar-refractivity contribution is 5.94. The molecule has 0 aliphatic carbocycles. The van der Waals surface area contributed by atoms with Crippen LogP contribution in [0.1, 0.15) is 53.6 Å². The molecule has 4 heteroatoms. The Kier molecular flexibility index (Phi) is 5.80. The fraction of sp³-hybridized carbons (Fsp3) is 0.667. The molecule has 1 aromatic carbocycles. The maximum Gasteiger partial charge on any atom is 0.253 e. The molecule has 0 aromatic heterocycles. The highest BCUT2D eigenvalue weighted by Crippen LogP contribution is 2.38. The molecule has 25 heavy (non-hydrogen) atoms. The smallest absolute Gasteiger partial charge is 0.253 e. The van der Waals surface area contributed by atoms with Crippen molar-refractivity contribution >= 4 is 5.91 Å². The Labute approximate surface area is 152 Å². The summed E-state index contributed by atoms with van der Waals surface area (Å²) < 4.78 is 5.30. The van der Waals surface area contributed by atoms with E-state index >= 15 is 0 Å². The largest absolute Gasteiger partial charge is 0.383 e. The van der Waals surface area contributed by atoms with Gasteiger partial charge in [-0.2, -0.15) is 0 Å². The summed E-state index contributed by atoms with van der Waals surface area (Å²) in [5, 5.41) is 0. The Hall–Kier alpha value is -1.39. The summed E-state index contributed by atoms with van der Waals surface area (Å²) in [5.74, 6) is 0.199. The van der Waals surface area contributed by atoms with Gasteiger partial charge in [0.2, 0.25) is 0 Å². The van der Waals surface area contributed by atoms with E-state index in [1.807, 2.05) is 12.1 Å². The molecule has 0 N–H and O–H groups in total. The molecule has 138 valence electrons. The number of hydrogen-bond donors (Lipinski definition) is 0. The third-order valence-corrected chi connectivity index (χ3v) is 5.98. The molecule has 2 heterocycles. The molecular weight excluding hydrogens is 312 g/mol. The number of methoxy groups -OCH3 is 1. The minimum absolute atomic E-state index is 0.199. The minimum Gasteiger partial charge on any atom is -0.383 e. The predicted molar refractivity (Wildman–Crippen MR) is 101 cm³/mol. The maximum atomic E-state index is 13.0. The van der Waals surface area contributed by atoms with Crippen LogP contribution in [-0.4, -0.2) is 61.1 Å². The van der Waals surface area contributed by atoms with E-state index in [1.165, 1.54) is 25.8 Å². The molecule has 4 nitrogen and oxygen atoms in total. The Morgan fingerprint density at radius 2 is 1.72 bits per heavy atom. The average molecular weight is 344 g/mol. The first-order valence-corrected chi connectivity index (χ1v) is 9.66. The molecule has 3 rings (SSSR count). The van der Waals surface area contributed by atoms with Crippen molar-refractivity contribution < 1.29 is 9.53 Å². The molecule has 0 radical (unpaired) electrons. The van der Waals surface area contributed by atoms with Crippen LogP contribution in [0, 0.1) is 13.8 Å². The Bertz CT molecular complexity index is 596. The number of carbonyl (C=O) groups excluding carboxylic acids is 1. The van der Waals surface area contributed by atoms with Crippen molar-refractivity contribution in [1.82, 2.24) is 9.80 Å². The standard InChI is InChI=1S/C21H32N2O2/c1-17-14-18(2)16-19(15-17)20(24)22-9-4-6-21(8-11-22)7-5-10-23(21)12-13-25-3/h14-16H,4-13H2,1-3H3. The van der Waals surface area contributed by atoms with Crippen molar-refractivity contribution in [2.75, 3.05) is 39.9 Å². The highest BCUT2D eigenvalue weighted by Gasteiger charge is 2.41. The van der Waals surface area contributed by atoms with Crippen molar-refractivity contribution in [2.24, 2.45) is 0 Å². The lowest BCUT2D eigenvalue weighted by Crippen LogP contribution is -2.46. The van der Waals surface area contributed by atoms with E-state index in [4.69, 9.17) is 4.74 Å². The molecule has 1 unspecified atom stereocenters. The summed E-state index contributed by atoms with van der Waals surface area (Å²) in [6.45, 7) is 8.87. The molecule has 0 saturated carbocycles. The molecule has 1 amide bonds. The van der Waals surface area contributed by atoms with Crippen molar-refractivity contribution in [3.05, 3.63) is 34.9 Å². The first kappa shape index (κ1) is 18.4. The summed E-state index contributed by atoms with van der Waals surface area (Å²) in [6.07, 6.45) is 5.93. The SMILES string of the molecule is COCCN1CCCC12CCCN(C(=O)c1cc(C)cc(C)c1)CC2. The third-order valence-electron chi connectivity index (χ3n) is 5.98.